The molecule has 1 aromatic carbocycles. The predicted molar refractivity (Wildman–Crippen MR) is 78.0 cm³/mol. The lowest BCUT2D eigenvalue weighted by Crippen LogP contribution is -2.37. The maximum Gasteiger partial charge on any atom is 0.223 e. The maximum atomic E-state index is 10.5. The second-order valence-corrected chi connectivity index (χ2v) is 5.74. The Hall–Kier alpha value is -1.88. The van der Waals surface area contributed by atoms with Gasteiger partial charge in [-0.15, -0.1) is 0 Å². The molecule has 1 heterocycles. The molecule has 0 bridgehead atoms. The molecule has 0 saturated heterocycles. The van der Waals surface area contributed by atoms with E-state index in [0.29, 0.717) is 24.1 Å². The summed E-state index contributed by atoms with van der Waals surface area (Å²) in [4.78, 5) is 4.20. The van der Waals surface area contributed by atoms with E-state index in [4.69, 9.17) is 9.26 Å². The molecule has 1 aromatic heterocycles. The third kappa shape index (κ3) is 3.42. The van der Waals surface area contributed by atoms with Crippen LogP contribution in [0.5, 0.6) is 5.75 Å². The number of aliphatic hydroxyl groups is 1. The van der Waals surface area contributed by atoms with Crippen LogP contribution in [0.2, 0.25) is 0 Å². The van der Waals surface area contributed by atoms with Gasteiger partial charge >= 0.3 is 0 Å². The summed E-state index contributed by atoms with van der Waals surface area (Å²) >= 11 is 0. The first-order valence-corrected chi connectivity index (χ1v) is 7.41. The van der Waals surface area contributed by atoms with Crippen LogP contribution in [-0.2, 0) is 0 Å². The van der Waals surface area contributed by atoms with Crippen molar-refractivity contribution in [3.8, 4) is 17.1 Å². The van der Waals surface area contributed by atoms with Crippen LogP contribution in [0.15, 0.2) is 28.8 Å². The Kier molecular flexibility index (Phi) is 3.92. The summed E-state index contributed by atoms with van der Waals surface area (Å²) < 4.78 is 10.8. The summed E-state index contributed by atoms with van der Waals surface area (Å²) in [5.74, 6) is 1.80. The number of aromatic nitrogens is 2. The molecule has 112 valence electrons. The van der Waals surface area contributed by atoms with Crippen molar-refractivity contribution in [3.05, 3.63) is 30.2 Å². The molecule has 21 heavy (non-hydrogen) atoms. The van der Waals surface area contributed by atoms with E-state index in [1.165, 1.54) is 6.42 Å². The van der Waals surface area contributed by atoms with Crippen molar-refractivity contribution < 1.29 is 14.4 Å². The lowest BCUT2D eigenvalue weighted by atomic mass is 9.85. The first-order chi connectivity index (χ1) is 10.1. The Morgan fingerprint density at radius 3 is 2.81 bits per heavy atom. The van der Waals surface area contributed by atoms with Gasteiger partial charge in [-0.05, 0) is 25.0 Å². The molecule has 0 amide bonds. The Morgan fingerprint density at radius 1 is 1.29 bits per heavy atom. The van der Waals surface area contributed by atoms with Gasteiger partial charge in [0.2, 0.25) is 11.7 Å². The smallest absolute Gasteiger partial charge is 0.223 e. The van der Waals surface area contributed by atoms with Gasteiger partial charge in [-0.3, -0.25) is 0 Å². The molecule has 5 nitrogen and oxygen atoms in total. The molecule has 3 rings (SSSR count). The highest BCUT2D eigenvalue weighted by Gasteiger charge is 2.30. The highest BCUT2D eigenvalue weighted by atomic mass is 16.5. The zero-order valence-electron chi connectivity index (χ0n) is 12.2. The number of aryl methyl sites for hydroxylation is 1. The van der Waals surface area contributed by atoms with Crippen molar-refractivity contribution in [1.82, 2.24) is 10.1 Å². The maximum absolute atomic E-state index is 10.5. The third-order valence-electron chi connectivity index (χ3n) is 3.91. The van der Waals surface area contributed by atoms with E-state index in [0.717, 1.165) is 31.2 Å². The van der Waals surface area contributed by atoms with Crippen LogP contribution in [0.4, 0.5) is 0 Å². The van der Waals surface area contributed by atoms with Gasteiger partial charge < -0.3 is 14.4 Å². The standard InChI is InChI=1S/C16H20N2O3/c1-12-17-15(18-21-12)13-6-5-7-14(10-13)20-11-16(19)8-3-2-4-9-16/h5-7,10,19H,2-4,8-9,11H2,1H3. The van der Waals surface area contributed by atoms with Crippen LogP contribution in [0, 0.1) is 6.92 Å². The molecule has 0 aliphatic heterocycles. The molecule has 2 aromatic rings. The van der Waals surface area contributed by atoms with Crippen molar-refractivity contribution >= 4 is 0 Å². The van der Waals surface area contributed by atoms with Gasteiger partial charge in [0.25, 0.3) is 0 Å². The minimum absolute atomic E-state index is 0.335. The largest absolute Gasteiger partial charge is 0.491 e. The number of benzene rings is 1. The SMILES string of the molecule is Cc1nc(-c2cccc(OCC3(O)CCCCC3)c2)no1. The van der Waals surface area contributed by atoms with E-state index >= 15 is 0 Å². The number of rotatable bonds is 4. The fraction of sp³-hybridized carbons (Fsp3) is 0.500. The molecule has 0 atom stereocenters. The summed E-state index contributed by atoms with van der Waals surface area (Å²) in [7, 11) is 0. The van der Waals surface area contributed by atoms with E-state index in [-0.39, 0.29) is 0 Å². The van der Waals surface area contributed by atoms with Crippen molar-refractivity contribution in [1.29, 1.82) is 0 Å². The van der Waals surface area contributed by atoms with Gasteiger partial charge in [0.1, 0.15) is 12.4 Å². The zero-order chi connectivity index (χ0) is 14.7. The molecular formula is C16H20N2O3. The third-order valence-corrected chi connectivity index (χ3v) is 3.91. The first-order valence-electron chi connectivity index (χ1n) is 7.41. The fourth-order valence-electron chi connectivity index (χ4n) is 2.71. The van der Waals surface area contributed by atoms with Gasteiger partial charge in [0, 0.05) is 12.5 Å². The summed E-state index contributed by atoms with van der Waals surface area (Å²) in [6.45, 7) is 2.09. The second kappa shape index (κ2) is 5.85. The van der Waals surface area contributed by atoms with Gasteiger partial charge in [-0.2, -0.15) is 4.98 Å². The lowest BCUT2D eigenvalue weighted by molar-refractivity contribution is -0.0338. The molecule has 1 aliphatic carbocycles. The topological polar surface area (TPSA) is 68.4 Å². The number of nitrogens with zero attached hydrogens (tertiary/aromatic N) is 2. The fourth-order valence-corrected chi connectivity index (χ4v) is 2.71. The second-order valence-electron chi connectivity index (χ2n) is 5.74. The Balaban J connectivity index is 1.68. The minimum Gasteiger partial charge on any atom is -0.491 e. The van der Waals surface area contributed by atoms with Crippen LogP contribution in [0.3, 0.4) is 0 Å². The van der Waals surface area contributed by atoms with Crippen molar-refractivity contribution in [2.45, 2.75) is 44.6 Å². The normalized spacial score (nSPS) is 17.6. The van der Waals surface area contributed by atoms with Crippen LogP contribution < -0.4 is 4.74 Å². The van der Waals surface area contributed by atoms with Gasteiger partial charge in [0.05, 0.1) is 5.60 Å². The summed E-state index contributed by atoms with van der Waals surface area (Å²) in [5, 5.41) is 14.4. The van der Waals surface area contributed by atoms with E-state index in [1.807, 2.05) is 24.3 Å². The minimum atomic E-state index is -0.684. The van der Waals surface area contributed by atoms with E-state index < -0.39 is 5.60 Å². The highest BCUT2D eigenvalue weighted by Crippen LogP contribution is 2.29. The summed E-state index contributed by atoms with van der Waals surface area (Å²) in [6, 6.07) is 7.55. The predicted octanol–water partition coefficient (Wildman–Crippen LogP) is 3.12. The number of ether oxygens (including phenoxy) is 1. The highest BCUT2D eigenvalue weighted by molar-refractivity contribution is 5.56. The molecule has 1 saturated carbocycles. The zero-order valence-corrected chi connectivity index (χ0v) is 12.2. The molecule has 1 N–H and O–H groups in total. The summed E-state index contributed by atoms with van der Waals surface area (Å²) in [5.41, 5.74) is 0.164. The average molecular weight is 288 g/mol. The van der Waals surface area contributed by atoms with Crippen LogP contribution in [0.1, 0.15) is 38.0 Å². The quantitative estimate of drug-likeness (QED) is 0.936. The van der Waals surface area contributed by atoms with Gasteiger partial charge in [0.15, 0.2) is 0 Å². The van der Waals surface area contributed by atoms with E-state index in [9.17, 15) is 5.11 Å². The molecule has 0 unspecified atom stereocenters. The lowest BCUT2D eigenvalue weighted by Gasteiger charge is -2.31. The molecule has 1 fully saturated rings. The monoisotopic (exact) mass is 288 g/mol. The summed E-state index contributed by atoms with van der Waals surface area (Å²) in [6.07, 6.45) is 4.98. The van der Waals surface area contributed by atoms with E-state index in [2.05, 4.69) is 10.1 Å². The van der Waals surface area contributed by atoms with Crippen LogP contribution in [0.25, 0.3) is 11.4 Å². The Morgan fingerprint density at radius 2 is 2.10 bits per heavy atom. The van der Waals surface area contributed by atoms with Gasteiger partial charge in [-0.1, -0.05) is 36.6 Å². The van der Waals surface area contributed by atoms with Crippen molar-refractivity contribution in [2.75, 3.05) is 6.61 Å². The molecular weight excluding hydrogens is 268 g/mol. The molecule has 1 aliphatic rings. The van der Waals surface area contributed by atoms with Crippen molar-refractivity contribution in [2.24, 2.45) is 0 Å². The Bertz CT molecular complexity index is 603. The molecule has 0 radical (unpaired) electrons. The molecule has 5 heteroatoms. The van der Waals surface area contributed by atoms with Crippen LogP contribution >= 0.6 is 0 Å². The van der Waals surface area contributed by atoms with Crippen molar-refractivity contribution in [3.63, 3.8) is 0 Å². The average Bonchev–Trinajstić information content (AvgIpc) is 2.93. The van der Waals surface area contributed by atoms with Gasteiger partial charge in [-0.25, -0.2) is 0 Å². The number of hydrogen-bond acceptors (Lipinski definition) is 5. The first kappa shape index (κ1) is 14.1. The molecule has 0 spiro atoms. The number of hydrogen-bond donors (Lipinski definition) is 1. The Labute approximate surface area is 123 Å². The van der Waals surface area contributed by atoms with Crippen LogP contribution in [-0.4, -0.2) is 27.5 Å². The van der Waals surface area contributed by atoms with E-state index in [1.54, 1.807) is 6.92 Å².